The maximum absolute atomic E-state index is 7.95. The average molecular weight is 126 g/mol. The van der Waals surface area contributed by atoms with Crippen LogP contribution in [0.4, 0.5) is 0 Å². The van der Waals surface area contributed by atoms with Gasteiger partial charge in [-0.25, -0.2) is 0 Å². The summed E-state index contributed by atoms with van der Waals surface area (Å²) in [5.41, 5.74) is 7.96. The van der Waals surface area contributed by atoms with Crippen LogP contribution in [0, 0.1) is 12.0 Å². The second kappa shape index (κ2) is 2.25. The topological polar surface area (TPSA) is 58.0 Å². The summed E-state index contributed by atoms with van der Waals surface area (Å²) in [5.74, 6) is 0. The van der Waals surface area contributed by atoms with Crippen LogP contribution in [0.25, 0.3) is 10.4 Å². The molecule has 0 aromatic heterocycles. The number of rotatable bonds is 2. The van der Waals surface area contributed by atoms with Crippen LogP contribution in [0.15, 0.2) is 5.11 Å². The van der Waals surface area contributed by atoms with Crippen LogP contribution in [0.5, 0.6) is 0 Å². The first-order chi connectivity index (χ1) is 4.27. The Kier molecular flexibility index (Phi) is 1.60. The molecular weight excluding hydrogens is 118 g/mol. The molecule has 1 heterocycles. The predicted molar refractivity (Wildman–Crippen MR) is 32.4 cm³/mol. The van der Waals surface area contributed by atoms with Gasteiger partial charge in [0.1, 0.15) is 0 Å². The van der Waals surface area contributed by atoms with Crippen molar-refractivity contribution in [3.8, 4) is 0 Å². The summed E-state index contributed by atoms with van der Waals surface area (Å²) in [6.45, 7) is 4.88. The van der Waals surface area contributed by atoms with Crippen molar-refractivity contribution in [2.75, 3.05) is 13.2 Å². The summed E-state index contributed by atoms with van der Waals surface area (Å²) in [6, 6.07) is 0. The molecule has 1 radical (unpaired) electrons. The third-order valence-electron chi connectivity index (χ3n) is 1.28. The Balaban J connectivity index is 2.32. The SMILES string of the molecule is CC1(CN=[N+]=[N-])[CH]OC1. The van der Waals surface area contributed by atoms with E-state index in [1.54, 1.807) is 6.61 Å². The molecular formula is C5H8N3O. The number of nitrogens with zero attached hydrogens (tertiary/aromatic N) is 3. The Hall–Kier alpha value is -0.730. The molecule has 1 fully saturated rings. The lowest BCUT2D eigenvalue weighted by Gasteiger charge is -2.35. The lowest BCUT2D eigenvalue weighted by atomic mass is 9.89. The van der Waals surface area contributed by atoms with Crippen LogP contribution in [0.1, 0.15) is 6.92 Å². The molecule has 4 heteroatoms. The Morgan fingerprint density at radius 2 is 2.67 bits per heavy atom. The molecule has 0 aliphatic carbocycles. The van der Waals surface area contributed by atoms with Gasteiger partial charge in [-0.3, -0.25) is 0 Å². The summed E-state index contributed by atoms with van der Waals surface area (Å²) in [5, 5.41) is 3.43. The van der Waals surface area contributed by atoms with E-state index < -0.39 is 0 Å². The second-order valence-corrected chi connectivity index (χ2v) is 2.47. The van der Waals surface area contributed by atoms with Crippen LogP contribution < -0.4 is 0 Å². The van der Waals surface area contributed by atoms with Gasteiger partial charge in [-0.05, 0) is 5.53 Å². The van der Waals surface area contributed by atoms with Gasteiger partial charge >= 0.3 is 0 Å². The van der Waals surface area contributed by atoms with Crippen LogP contribution >= 0.6 is 0 Å². The molecule has 4 nitrogen and oxygen atoms in total. The van der Waals surface area contributed by atoms with Gasteiger partial charge in [0.15, 0.2) is 0 Å². The lowest BCUT2D eigenvalue weighted by Crippen LogP contribution is -2.37. The zero-order valence-corrected chi connectivity index (χ0v) is 5.24. The largest absolute Gasteiger partial charge is 0.374 e. The van der Waals surface area contributed by atoms with E-state index >= 15 is 0 Å². The molecule has 1 saturated heterocycles. The van der Waals surface area contributed by atoms with Crippen molar-refractivity contribution < 1.29 is 4.74 Å². The highest BCUT2D eigenvalue weighted by molar-refractivity contribution is 4.92. The molecule has 0 spiro atoms. The molecule has 0 saturated carbocycles. The van der Waals surface area contributed by atoms with Gasteiger partial charge in [0.2, 0.25) is 0 Å². The number of ether oxygens (including phenoxy) is 1. The first kappa shape index (κ1) is 6.39. The second-order valence-electron chi connectivity index (χ2n) is 2.47. The summed E-state index contributed by atoms with van der Waals surface area (Å²) in [4.78, 5) is 2.65. The van der Waals surface area contributed by atoms with E-state index in [1.165, 1.54) is 0 Å². The zero-order chi connectivity index (χ0) is 6.74. The first-order valence-corrected chi connectivity index (χ1v) is 2.74. The number of azide groups is 1. The van der Waals surface area contributed by atoms with E-state index in [9.17, 15) is 0 Å². The van der Waals surface area contributed by atoms with Gasteiger partial charge in [0.05, 0.1) is 13.2 Å². The molecule has 1 unspecified atom stereocenters. The lowest BCUT2D eigenvalue weighted by molar-refractivity contribution is -0.0299. The molecule has 1 aliphatic heterocycles. The fraction of sp³-hybridized carbons (Fsp3) is 0.800. The summed E-state index contributed by atoms with van der Waals surface area (Å²) >= 11 is 0. The molecule has 1 atom stereocenters. The monoisotopic (exact) mass is 126 g/mol. The van der Waals surface area contributed by atoms with E-state index in [0.717, 1.165) is 0 Å². The van der Waals surface area contributed by atoms with E-state index in [1.807, 2.05) is 6.92 Å². The molecule has 0 aromatic carbocycles. The number of hydrogen-bond donors (Lipinski definition) is 0. The van der Waals surface area contributed by atoms with Gasteiger partial charge in [-0.1, -0.05) is 12.0 Å². The van der Waals surface area contributed by atoms with Gasteiger partial charge < -0.3 is 4.74 Å². The molecule has 0 aromatic rings. The van der Waals surface area contributed by atoms with Gasteiger partial charge in [-0.2, -0.15) is 0 Å². The van der Waals surface area contributed by atoms with Gasteiger partial charge in [-0.15, -0.1) is 0 Å². The van der Waals surface area contributed by atoms with E-state index in [0.29, 0.717) is 13.2 Å². The standard InChI is InChI=1S/C5H8N3O/c1-5(2-7-8-6)3-9-4-5/h3H,2,4H2,1H3. The Labute approximate surface area is 53.4 Å². The van der Waals surface area contributed by atoms with E-state index in [2.05, 4.69) is 10.0 Å². The molecule has 0 N–H and O–H groups in total. The summed E-state index contributed by atoms with van der Waals surface area (Å²) in [6.07, 6.45) is 0. The fourth-order valence-corrected chi connectivity index (χ4v) is 0.644. The zero-order valence-electron chi connectivity index (χ0n) is 5.24. The highest BCUT2D eigenvalue weighted by Gasteiger charge is 2.32. The van der Waals surface area contributed by atoms with E-state index in [4.69, 9.17) is 10.3 Å². The number of hydrogen-bond acceptors (Lipinski definition) is 2. The third kappa shape index (κ3) is 1.34. The minimum atomic E-state index is 0.00618. The minimum absolute atomic E-state index is 0.00618. The van der Waals surface area contributed by atoms with Crippen LogP contribution in [-0.2, 0) is 4.74 Å². The van der Waals surface area contributed by atoms with Crippen molar-refractivity contribution in [2.24, 2.45) is 10.5 Å². The molecule has 1 rings (SSSR count). The highest BCUT2D eigenvalue weighted by atomic mass is 16.5. The quantitative estimate of drug-likeness (QED) is 0.314. The Morgan fingerprint density at radius 3 is 3.00 bits per heavy atom. The molecule has 1 aliphatic rings. The van der Waals surface area contributed by atoms with Crippen molar-refractivity contribution in [3.63, 3.8) is 0 Å². The minimum Gasteiger partial charge on any atom is -0.374 e. The van der Waals surface area contributed by atoms with Crippen LogP contribution in [0.3, 0.4) is 0 Å². The first-order valence-electron chi connectivity index (χ1n) is 2.74. The van der Waals surface area contributed by atoms with Gasteiger partial charge in [0.25, 0.3) is 0 Å². The van der Waals surface area contributed by atoms with Crippen molar-refractivity contribution in [1.82, 2.24) is 0 Å². The Bertz CT molecular complexity index is 146. The molecule has 9 heavy (non-hydrogen) atoms. The average Bonchev–Trinajstić information content (AvgIpc) is 1.79. The third-order valence-corrected chi connectivity index (χ3v) is 1.28. The normalized spacial score (nSPS) is 21.9. The predicted octanol–water partition coefficient (Wildman–Crippen LogP) is 1.49. The van der Waals surface area contributed by atoms with Crippen molar-refractivity contribution in [2.45, 2.75) is 6.92 Å². The molecule has 49 valence electrons. The fourth-order valence-electron chi connectivity index (χ4n) is 0.644. The van der Waals surface area contributed by atoms with Crippen LogP contribution in [-0.4, -0.2) is 13.2 Å². The molecule has 0 amide bonds. The van der Waals surface area contributed by atoms with Crippen molar-refractivity contribution >= 4 is 0 Å². The van der Waals surface area contributed by atoms with E-state index in [-0.39, 0.29) is 5.41 Å². The maximum Gasteiger partial charge on any atom is 0.0919 e. The van der Waals surface area contributed by atoms with Crippen LogP contribution in [0.2, 0.25) is 0 Å². The van der Waals surface area contributed by atoms with Gasteiger partial charge in [0, 0.05) is 16.9 Å². The summed E-state index contributed by atoms with van der Waals surface area (Å²) < 4.78 is 4.83. The smallest absolute Gasteiger partial charge is 0.0919 e. The highest BCUT2D eigenvalue weighted by Crippen LogP contribution is 2.30. The van der Waals surface area contributed by atoms with Crippen molar-refractivity contribution in [3.05, 3.63) is 17.0 Å². The summed E-state index contributed by atoms with van der Waals surface area (Å²) in [7, 11) is 0. The van der Waals surface area contributed by atoms with Crippen molar-refractivity contribution in [1.29, 1.82) is 0 Å². The maximum atomic E-state index is 7.95. The molecule has 0 bridgehead atoms. The Morgan fingerprint density at radius 1 is 2.00 bits per heavy atom.